The first-order valence-corrected chi connectivity index (χ1v) is 7.83. The van der Waals surface area contributed by atoms with Crippen molar-refractivity contribution < 1.29 is 5.11 Å². The zero-order valence-electron chi connectivity index (χ0n) is 12.4. The van der Waals surface area contributed by atoms with Crippen LogP contribution in [0, 0.1) is 0 Å². The third-order valence-electron chi connectivity index (χ3n) is 4.60. The molecule has 1 aliphatic heterocycles. The Kier molecular flexibility index (Phi) is 4.10. The van der Waals surface area contributed by atoms with E-state index in [1.807, 2.05) is 0 Å². The fourth-order valence-electron chi connectivity index (χ4n) is 3.54. The number of β-amino-alcohol motifs (C(OH)–C–C–N with tert-alkyl or cyclic N) is 1. The second-order valence-corrected chi connectivity index (χ2v) is 6.51. The summed E-state index contributed by atoms with van der Waals surface area (Å²) in [6.07, 6.45) is 7.01. The molecule has 1 aliphatic carbocycles. The molecule has 3 N–H and O–H groups in total. The summed E-state index contributed by atoms with van der Waals surface area (Å²) in [5.74, 6) is 0. The van der Waals surface area contributed by atoms with E-state index in [1.54, 1.807) is 0 Å². The molecule has 0 aromatic carbocycles. The van der Waals surface area contributed by atoms with Crippen LogP contribution in [0.2, 0.25) is 0 Å². The standard InChI is InChI=1S/C15H26N4O/c1-19(11-15(20)7-8-16-10-15)9-14-12-5-3-2-4-6-13(12)17-18-14/h16,20H,2-11H2,1H3,(H,17,18)/t15-/m0/s1. The Balaban J connectivity index is 1.64. The predicted octanol–water partition coefficient (Wildman–Crippen LogP) is 0.835. The second kappa shape index (κ2) is 5.84. The van der Waals surface area contributed by atoms with E-state index in [0.717, 1.165) is 32.4 Å². The van der Waals surface area contributed by atoms with Crippen LogP contribution in [0.1, 0.15) is 42.6 Å². The summed E-state index contributed by atoms with van der Waals surface area (Å²) in [7, 11) is 2.08. The highest BCUT2D eigenvalue weighted by Crippen LogP contribution is 2.23. The molecule has 1 aromatic heterocycles. The first-order chi connectivity index (χ1) is 9.66. The van der Waals surface area contributed by atoms with Crippen LogP contribution in [0.4, 0.5) is 0 Å². The van der Waals surface area contributed by atoms with E-state index in [0.29, 0.717) is 13.1 Å². The normalized spacial score (nSPS) is 26.8. The zero-order chi connectivity index (χ0) is 14.0. The quantitative estimate of drug-likeness (QED) is 0.714. The number of nitrogens with zero attached hydrogens (tertiary/aromatic N) is 2. The lowest BCUT2D eigenvalue weighted by Gasteiger charge is -2.27. The Morgan fingerprint density at radius 1 is 1.30 bits per heavy atom. The van der Waals surface area contributed by atoms with Gasteiger partial charge in [-0.25, -0.2) is 0 Å². The third kappa shape index (κ3) is 3.05. The fourth-order valence-corrected chi connectivity index (χ4v) is 3.54. The van der Waals surface area contributed by atoms with E-state index in [1.165, 1.54) is 36.2 Å². The number of aromatic amines is 1. The van der Waals surface area contributed by atoms with Gasteiger partial charge in [-0.3, -0.25) is 10.00 Å². The van der Waals surface area contributed by atoms with Crippen molar-refractivity contribution in [3.05, 3.63) is 17.0 Å². The largest absolute Gasteiger partial charge is 0.387 e. The minimum atomic E-state index is -0.567. The maximum atomic E-state index is 10.4. The Morgan fingerprint density at radius 2 is 2.15 bits per heavy atom. The van der Waals surface area contributed by atoms with Crippen LogP contribution < -0.4 is 5.32 Å². The molecule has 5 heteroatoms. The van der Waals surface area contributed by atoms with Gasteiger partial charge < -0.3 is 10.4 Å². The van der Waals surface area contributed by atoms with Gasteiger partial charge in [-0.05, 0) is 51.3 Å². The van der Waals surface area contributed by atoms with E-state index in [4.69, 9.17) is 0 Å². The van der Waals surface area contributed by atoms with E-state index in [9.17, 15) is 5.11 Å². The van der Waals surface area contributed by atoms with Gasteiger partial charge in [0.25, 0.3) is 0 Å². The van der Waals surface area contributed by atoms with Crippen molar-refractivity contribution >= 4 is 0 Å². The number of aryl methyl sites for hydroxylation is 1. The molecule has 0 saturated carbocycles. The summed E-state index contributed by atoms with van der Waals surface area (Å²) < 4.78 is 0. The van der Waals surface area contributed by atoms with Crippen LogP contribution in [-0.2, 0) is 19.4 Å². The van der Waals surface area contributed by atoms with Crippen LogP contribution in [0.5, 0.6) is 0 Å². The van der Waals surface area contributed by atoms with Crippen LogP contribution in [-0.4, -0.2) is 52.5 Å². The second-order valence-electron chi connectivity index (χ2n) is 6.51. The highest BCUT2D eigenvalue weighted by Gasteiger charge is 2.32. The SMILES string of the molecule is CN(Cc1n[nH]c2c1CCCCC2)C[C@]1(O)CCNC1. The highest BCUT2D eigenvalue weighted by molar-refractivity contribution is 5.26. The molecule has 2 aliphatic rings. The van der Waals surface area contributed by atoms with Crippen LogP contribution in [0.15, 0.2) is 0 Å². The number of rotatable bonds is 4. The topological polar surface area (TPSA) is 64.2 Å². The number of aromatic nitrogens is 2. The predicted molar refractivity (Wildman–Crippen MR) is 78.6 cm³/mol. The average Bonchev–Trinajstić information content (AvgIpc) is 2.90. The summed E-state index contributed by atoms with van der Waals surface area (Å²) in [6, 6.07) is 0. The van der Waals surface area contributed by atoms with Gasteiger partial charge in [-0.15, -0.1) is 0 Å². The van der Waals surface area contributed by atoms with Gasteiger partial charge in [-0.2, -0.15) is 5.10 Å². The van der Waals surface area contributed by atoms with Crippen molar-refractivity contribution in [2.75, 3.05) is 26.7 Å². The Hall–Kier alpha value is -0.910. The van der Waals surface area contributed by atoms with Gasteiger partial charge in [0, 0.05) is 25.3 Å². The van der Waals surface area contributed by atoms with E-state index >= 15 is 0 Å². The van der Waals surface area contributed by atoms with Crippen molar-refractivity contribution in [2.45, 2.75) is 50.7 Å². The third-order valence-corrected chi connectivity index (χ3v) is 4.60. The molecule has 1 aromatic rings. The molecule has 112 valence electrons. The maximum absolute atomic E-state index is 10.4. The van der Waals surface area contributed by atoms with Crippen molar-refractivity contribution in [2.24, 2.45) is 0 Å². The van der Waals surface area contributed by atoms with Gasteiger partial charge in [-0.1, -0.05) is 6.42 Å². The van der Waals surface area contributed by atoms with Crippen LogP contribution >= 0.6 is 0 Å². The molecular formula is C15H26N4O. The molecular weight excluding hydrogens is 252 g/mol. The monoisotopic (exact) mass is 278 g/mol. The fraction of sp³-hybridized carbons (Fsp3) is 0.800. The molecule has 20 heavy (non-hydrogen) atoms. The van der Waals surface area contributed by atoms with Gasteiger partial charge >= 0.3 is 0 Å². The molecule has 1 fully saturated rings. The molecule has 5 nitrogen and oxygen atoms in total. The Morgan fingerprint density at radius 3 is 2.95 bits per heavy atom. The molecule has 0 amide bonds. The number of likely N-dealkylation sites (N-methyl/N-ethyl adjacent to an activating group) is 1. The molecule has 3 rings (SSSR count). The molecule has 2 heterocycles. The number of hydrogen-bond acceptors (Lipinski definition) is 4. The van der Waals surface area contributed by atoms with Crippen LogP contribution in [0.3, 0.4) is 0 Å². The van der Waals surface area contributed by atoms with Crippen LogP contribution in [0.25, 0.3) is 0 Å². The minimum Gasteiger partial charge on any atom is -0.387 e. The molecule has 0 unspecified atom stereocenters. The minimum absolute atomic E-state index is 0.567. The van der Waals surface area contributed by atoms with Crippen molar-refractivity contribution in [3.63, 3.8) is 0 Å². The number of fused-ring (bicyclic) bond motifs is 1. The molecule has 0 spiro atoms. The summed E-state index contributed by atoms with van der Waals surface area (Å²) in [4.78, 5) is 2.20. The summed E-state index contributed by atoms with van der Waals surface area (Å²) in [5, 5.41) is 21.4. The first kappa shape index (κ1) is 14.0. The lowest BCUT2D eigenvalue weighted by Crippen LogP contribution is -2.43. The lowest BCUT2D eigenvalue weighted by atomic mass is 10.0. The molecule has 1 atom stereocenters. The highest BCUT2D eigenvalue weighted by atomic mass is 16.3. The number of H-pyrrole nitrogens is 1. The average molecular weight is 278 g/mol. The molecule has 0 bridgehead atoms. The van der Waals surface area contributed by atoms with Crippen molar-refractivity contribution in [1.29, 1.82) is 0 Å². The van der Waals surface area contributed by atoms with Crippen molar-refractivity contribution in [3.8, 4) is 0 Å². The number of aliphatic hydroxyl groups is 1. The molecule has 0 radical (unpaired) electrons. The maximum Gasteiger partial charge on any atom is 0.0909 e. The first-order valence-electron chi connectivity index (χ1n) is 7.83. The zero-order valence-corrected chi connectivity index (χ0v) is 12.4. The summed E-state index contributed by atoms with van der Waals surface area (Å²) >= 11 is 0. The lowest BCUT2D eigenvalue weighted by molar-refractivity contribution is 0.0260. The summed E-state index contributed by atoms with van der Waals surface area (Å²) in [5.41, 5.74) is 3.39. The van der Waals surface area contributed by atoms with E-state index in [-0.39, 0.29) is 0 Å². The van der Waals surface area contributed by atoms with E-state index < -0.39 is 5.60 Å². The van der Waals surface area contributed by atoms with Gasteiger partial charge in [0.05, 0.1) is 11.3 Å². The van der Waals surface area contributed by atoms with Gasteiger partial charge in [0.15, 0.2) is 0 Å². The Labute approximate surface area is 120 Å². The number of nitrogens with one attached hydrogen (secondary N) is 2. The Bertz CT molecular complexity index is 451. The smallest absolute Gasteiger partial charge is 0.0909 e. The number of hydrogen-bond donors (Lipinski definition) is 3. The van der Waals surface area contributed by atoms with Gasteiger partial charge in [0.2, 0.25) is 0 Å². The summed E-state index contributed by atoms with van der Waals surface area (Å²) in [6.45, 7) is 3.16. The van der Waals surface area contributed by atoms with E-state index in [2.05, 4.69) is 27.5 Å². The molecule has 1 saturated heterocycles. The van der Waals surface area contributed by atoms with Gasteiger partial charge in [0.1, 0.15) is 0 Å². The van der Waals surface area contributed by atoms with Crippen molar-refractivity contribution in [1.82, 2.24) is 20.4 Å².